The molecule has 0 spiro atoms. The molecule has 4 aliphatic heterocycles. The van der Waals surface area contributed by atoms with Crippen molar-refractivity contribution in [2.45, 2.75) is 75.1 Å². The molecule has 4 aromatic carbocycles. The third kappa shape index (κ3) is 8.49. The fourth-order valence-corrected chi connectivity index (χ4v) is 8.25. The molecular weight excluding hydrogens is 853 g/mol. The summed E-state index contributed by atoms with van der Waals surface area (Å²) in [6, 6.07) is 15.0. The number of halogens is 4. The Morgan fingerprint density at radius 2 is 1.20 bits per heavy atom. The summed E-state index contributed by atoms with van der Waals surface area (Å²) in [6.07, 6.45) is 8.84. The van der Waals surface area contributed by atoms with Crippen molar-refractivity contribution in [3.63, 3.8) is 0 Å². The molecule has 4 saturated heterocycles. The second kappa shape index (κ2) is 16.8. The second-order valence-electron chi connectivity index (χ2n) is 14.5. The van der Waals surface area contributed by atoms with Crippen molar-refractivity contribution in [3.05, 3.63) is 105 Å². The SMILES string of the molecule is Nc1cc2c(Nc3ccc(F)c(Cl)c3)ncnc2cc1OC1CC2CCC1O2.O=[N+]([O-])c1cc2c(Nc3ccc(F)c(Cl)c3)ncnc2cc1OC1CC2CCC1O2.[Fe]. The first-order valence-electron chi connectivity index (χ1n) is 18.6. The van der Waals surface area contributed by atoms with Crippen LogP contribution in [0, 0.1) is 21.7 Å². The third-order valence-electron chi connectivity index (χ3n) is 10.7. The number of nitro benzene ring substituents is 1. The summed E-state index contributed by atoms with van der Waals surface area (Å²) in [6.45, 7) is 0. The van der Waals surface area contributed by atoms with E-state index in [1.54, 1.807) is 18.2 Å². The van der Waals surface area contributed by atoms with Crippen molar-refractivity contribution in [2.75, 3.05) is 16.4 Å². The number of hydrogen-bond acceptors (Lipinski definition) is 13. The first-order valence-corrected chi connectivity index (χ1v) is 19.4. The maximum atomic E-state index is 13.4. The number of nitro groups is 1. The summed E-state index contributed by atoms with van der Waals surface area (Å²) in [5.41, 5.74) is 8.85. The Kier molecular flexibility index (Phi) is 11.6. The van der Waals surface area contributed by atoms with Gasteiger partial charge in [-0.15, -0.1) is 0 Å². The molecular formula is C40H34Cl2F2FeN8O6. The largest absolute Gasteiger partial charge is 0.485 e. The first kappa shape index (κ1) is 40.6. The van der Waals surface area contributed by atoms with Gasteiger partial charge in [0.15, 0.2) is 5.75 Å². The maximum absolute atomic E-state index is 13.4. The summed E-state index contributed by atoms with van der Waals surface area (Å²) in [5.74, 6) is 0.619. The van der Waals surface area contributed by atoms with Crippen LogP contribution < -0.4 is 25.8 Å². The van der Waals surface area contributed by atoms with Gasteiger partial charge < -0.3 is 35.3 Å². The van der Waals surface area contributed by atoms with Crippen molar-refractivity contribution in [1.82, 2.24) is 19.9 Å². The maximum Gasteiger partial charge on any atom is 0.311 e. The van der Waals surface area contributed by atoms with Crippen LogP contribution in [0.25, 0.3) is 21.8 Å². The number of nitrogen functional groups attached to an aromatic ring is 1. The van der Waals surface area contributed by atoms with E-state index in [0.29, 0.717) is 57.0 Å². The van der Waals surface area contributed by atoms with Gasteiger partial charge in [-0.2, -0.15) is 0 Å². The molecule has 19 heteroatoms. The van der Waals surface area contributed by atoms with E-state index in [9.17, 15) is 18.9 Å². The molecule has 14 nitrogen and oxygen atoms in total. The molecule has 4 N–H and O–H groups in total. The van der Waals surface area contributed by atoms with Gasteiger partial charge in [0.1, 0.15) is 53.9 Å². The van der Waals surface area contributed by atoms with Gasteiger partial charge in [-0.05, 0) is 68.1 Å². The Hall–Kier alpha value is -5.16. The molecule has 6 aromatic rings. The molecule has 0 amide bonds. The quantitative estimate of drug-likeness (QED) is 0.0541. The molecule has 0 saturated carbocycles. The molecule has 6 atom stereocenters. The van der Waals surface area contributed by atoms with Crippen molar-refractivity contribution in [2.24, 2.45) is 0 Å². The van der Waals surface area contributed by atoms with E-state index in [1.165, 1.54) is 49.1 Å². The van der Waals surface area contributed by atoms with E-state index < -0.39 is 16.6 Å². The zero-order valence-corrected chi connectivity index (χ0v) is 33.4. The van der Waals surface area contributed by atoms with Gasteiger partial charge >= 0.3 is 5.69 Å². The Balaban J connectivity index is 0.000000162. The number of nitrogens with two attached hydrogens (primary N) is 1. The Morgan fingerprint density at radius 3 is 1.66 bits per heavy atom. The van der Waals surface area contributed by atoms with Gasteiger partial charge in [-0.25, -0.2) is 28.7 Å². The standard InChI is InChI=1S/C20H16ClFN4O4.C20H18ClFN4O2.Fe/c21-13-5-10(1-3-14(13)22)25-20-12-7-16(26(27)28)18(8-15(12)23-9-24-20)30-19-6-11-2-4-17(19)29-11;21-13-5-10(1-3-14(13)22)26-20-12-7-15(23)18(8-16(12)24-9-25-20)28-19-6-11-2-4-17(19)27-11;/h1,3,5,7-9,11,17,19H,2,4,6H2,(H,23,24,25);1,3,5,7-9,11,17,19H,2,4,6,23H2,(H,24,25,26);. The number of aromatic nitrogens is 4. The molecule has 59 heavy (non-hydrogen) atoms. The van der Waals surface area contributed by atoms with Crippen LogP contribution in [0.1, 0.15) is 38.5 Å². The molecule has 4 bridgehead atoms. The van der Waals surface area contributed by atoms with Crippen molar-refractivity contribution in [3.8, 4) is 11.5 Å². The first-order chi connectivity index (χ1) is 28.0. The minimum absolute atomic E-state index is 0. The predicted molar refractivity (Wildman–Crippen MR) is 213 cm³/mol. The Labute approximate surface area is 355 Å². The fraction of sp³-hybridized carbons (Fsp3) is 0.300. The molecule has 0 radical (unpaired) electrons. The van der Waals surface area contributed by atoms with Crippen LogP contribution in [0.4, 0.5) is 43.2 Å². The minimum atomic E-state index is -0.545. The molecule has 6 heterocycles. The van der Waals surface area contributed by atoms with Crippen LogP contribution in [0.3, 0.4) is 0 Å². The third-order valence-corrected chi connectivity index (χ3v) is 11.3. The number of rotatable bonds is 9. The summed E-state index contributed by atoms with van der Waals surface area (Å²) >= 11 is 11.7. The Bertz CT molecular complexity index is 2580. The molecule has 2 aromatic heterocycles. The molecule has 306 valence electrons. The van der Waals surface area contributed by atoms with Crippen molar-refractivity contribution >= 4 is 79.4 Å². The summed E-state index contributed by atoms with van der Waals surface area (Å²) in [5, 5.41) is 19.0. The molecule has 4 fully saturated rings. The van der Waals surface area contributed by atoms with E-state index in [0.717, 1.165) is 43.9 Å². The van der Waals surface area contributed by atoms with Crippen LogP contribution in [-0.2, 0) is 26.5 Å². The number of hydrogen-bond donors (Lipinski definition) is 3. The van der Waals surface area contributed by atoms with Crippen LogP contribution in [0.2, 0.25) is 10.0 Å². The van der Waals surface area contributed by atoms with E-state index >= 15 is 0 Å². The topological polar surface area (TPSA) is 182 Å². The zero-order valence-electron chi connectivity index (χ0n) is 30.8. The van der Waals surface area contributed by atoms with Crippen LogP contribution >= 0.6 is 23.2 Å². The van der Waals surface area contributed by atoms with Gasteiger partial charge in [-0.1, -0.05) is 23.2 Å². The molecule has 4 aliphatic rings. The summed E-state index contributed by atoms with van der Waals surface area (Å²) < 4.78 is 50.6. The zero-order chi connectivity index (χ0) is 40.1. The summed E-state index contributed by atoms with van der Waals surface area (Å²) in [7, 11) is 0. The summed E-state index contributed by atoms with van der Waals surface area (Å²) in [4.78, 5) is 28.3. The number of benzene rings is 4. The normalized spacial score (nSPS) is 22.4. The van der Waals surface area contributed by atoms with Gasteiger partial charge in [0.05, 0.1) is 61.5 Å². The van der Waals surface area contributed by atoms with E-state index in [4.69, 9.17) is 47.9 Å². The van der Waals surface area contributed by atoms with E-state index in [-0.39, 0.29) is 69.1 Å². The molecule has 10 rings (SSSR count). The smallest absolute Gasteiger partial charge is 0.311 e. The van der Waals surface area contributed by atoms with E-state index in [1.807, 2.05) is 6.07 Å². The predicted octanol–water partition coefficient (Wildman–Crippen LogP) is 9.22. The second-order valence-corrected chi connectivity index (χ2v) is 15.3. The monoisotopic (exact) mass is 886 g/mol. The molecule has 6 unspecified atom stereocenters. The van der Waals surface area contributed by atoms with E-state index in [2.05, 4.69) is 30.6 Å². The van der Waals surface area contributed by atoms with Gasteiger partial charge in [0.25, 0.3) is 0 Å². The van der Waals surface area contributed by atoms with Crippen molar-refractivity contribution < 1.29 is 49.7 Å². The average molecular weight is 888 g/mol. The fourth-order valence-electron chi connectivity index (χ4n) is 7.89. The minimum Gasteiger partial charge on any atom is -0.485 e. The van der Waals surface area contributed by atoms with Gasteiger partial charge in [0.2, 0.25) is 0 Å². The number of anilines is 5. The van der Waals surface area contributed by atoms with Gasteiger partial charge in [0, 0.05) is 64.9 Å². The van der Waals surface area contributed by atoms with Gasteiger partial charge in [-0.3, -0.25) is 10.1 Å². The van der Waals surface area contributed by atoms with Crippen LogP contribution in [0.5, 0.6) is 11.5 Å². The van der Waals surface area contributed by atoms with Crippen molar-refractivity contribution in [1.29, 1.82) is 0 Å². The van der Waals surface area contributed by atoms with Crippen LogP contribution in [0.15, 0.2) is 73.3 Å². The molecule has 0 aliphatic carbocycles. The Morgan fingerprint density at radius 1 is 0.712 bits per heavy atom. The van der Waals surface area contributed by atoms with Crippen LogP contribution in [-0.4, -0.2) is 61.5 Å². The average Bonchev–Trinajstić information content (AvgIpc) is 4.03. The number of fused-ring (bicyclic) bond motifs is 6. The number of nitrogens with zero attached hydrogens (tertiary/aromatic N) is 5. The number of ether oxygens (including phenoxy) is 4. The number of nitrogens with one attached hydrogen (secondary N) is 2.